The zero-order valence-electron chi connectivity index (χ0n) is 12.9. The lowest BCUT2D eigenvalue weighted by molar-refractivity contribution is 0.128. The summed E-state index contributed by atoms with van der Waals surface area (Å²) >= 11 is 0. The number of sulfonamides is 1. The van der Waals surface area contributed by atoms with Crippen molar-refractivity contribution in [1.82, 2.24) is 4.72 Å². The van der Waals surface area contributed by atoms with E-state index in [1.807, 2.05) is 0 Å². The number of benzene rings is 1. The van der Waals surface area contributed by atoms with E-state index < -0.39 is 16.1 Å². The van der Waals surface area contributed by atoms with Crippen LogP contribution in [0.2, 0.25) is 0 Å². The predicted octanol–water partition coefficient (Wildman–Crippen LogP) is 2.08. The minimum atomic E-state index is -3.56. The summed E-state index contributed by atoms with van der Waals surface area (Å²) in [6.45, 7) is 7.04. The summed E-state index contributed by atoms with van der Waals surface area (Å²) in [4.78, 5) is 0.156. The summed E-state index contributed by atoms with van der Waals surface area (Å²) < 4.78 is 32.1. The fourth-order valence-electron chi connectivity index (χ4n) is 1.69. The number of hydrogen-bond acceptors (Lipinski definition) is 4. The van der Waals surface area contributed by atoms with Gasteiger partial charge in [0.05, 0.1) is 17.6 Å². The zero-order valence-corrected chi connectivity index (χ0v) is 13.7. The fraction of sp³-hybridized carbons (Fsp3) is 0.600. The Morgan fingerprint density at radius 2 is 1.95 bits per heavy atom. The molecule has 1 unspecified atom stereocenters. The van der Waals surface area contributed by atoms with E-state index in [0.29, 0.717) is 24.7 Å². The van der Waals surface area contributed by atoms with Crippen LogP contribution in [0, 0.1) is 5.92 Å². The van der Waals surface area contributed by atoms with Gasteiger partial charge in [0.1, 0.15) is 0 Å². The molecular formula is C15H25NO4S. The van der Waals surface area contributed by atoms with Gasteiger partial charge in [0, 0.05) is 13.2 Å². The first kappa shape index (κ1) is 18.1. The predicted molar refractivity (Wildman–Crippen MR) is 82.5 cm³/mol. The van der Waals surface area contributed by atoms with Crippen molar-refractivity contribution in [2.45, 2.75) is 38.2 Å². The third-order valence-electron chi connectivity index (χ3n) is 3.03. The van der Waals surface area contributed by atoms with E-state index in [1.54, 1.807) is 19.1 Å². The molecular weight excluding hydrogens is 290 g/mol. The second-order valence-electron chi connectivity index (χ2n) is 5.44. The lowest BCUT2D eigenvalue weighted by atomic mass is 10.1. The Balaban J connectivity index is 2.48. The molecule has 0 aliphatic heterocycles. The average Bonchev–Trinajstić information content (AvgIpc) is 2.42. The molecule has 21 heavy (non-hydrogen) atoms. The minimum absolute atomic E-state index is 0.156. The van der Waals surface area contributed by atoms with Crippen LogP contribution in [0.3, 0.4) is 0 Å². The Morgan fingerprint density at radius 3 is 2.57 bits per heavy atom. The van der Waals surface area contributed by atoms with Crippen molar-refractivity contribution in [3.8, 4) is 0 Å². The second-order valence-corrected chi connectivity index (χ2v) is 7.21. The molecule has 120 valence electrons. The SMILES string of the molecule is CC(C)CCOCCNS(=O)(=O)c1cccc(C(C)O)c1. The van der Waals surface area contributed by atoms with Gasteiger partial charge in [-0.05, 0) is 37.0 Å². The largest absolute Gasteiger partial charge is 0.389 e. The van der Waals surface area contributed by atoms with Crippen LogP contribution in [0.5, 0.6) is 0 Å². The van der Waals surface area contributed by atoms with Gasteiger partial charge in [0.2, 0.25) is 10.0 Å². The van der Waals surface area contributed by atoms with Crippen molar-refractivity contribution < 1.29 is 18.3 Å². The lowest BCUT2D eigenvalue weighted by Crippen LogP contribution is -2.27. The Kier molecular flexibility index (Phi) is 7.31. The summed E-state index contributed by atoms with van der Waals surface area (Å²) in [6, 6.07) is 6.30. The normalized spacial score (nSPS) is 13.6. The van der Waals surface area contributed by atoms with E-state index in [0.717, 1.165) is 6.42 Å². The molecule has 5 nitrogen and oxygen atoms in total. The van der Waals surface area contributed by atoms with Crippen LogP contribution in [0.15, 0.2) is 29.2 Å². The smallest absolute Gasteiger partial charge is 0.240 e. The third kappa shape index (κ3) is 6.56. The highest BCUT2D eigenvalue weighted by Crippen LogP contribution is 2.16. The first-order chi connectivity index (χ1) is 9.83. The van der Waals surface area contributed by atoms with Gasteiger partial charge >= 0.3 is 0 Å². The first-order valence-corrected chi connectivity index (χ1v) is 8.66. The lowest BCUT2D eigenvalue weighted by Gasteiger charge is -2.10. The van der Waals surface area contributed by atoms with E-state index >= 15 is 0 Å². The zero-order chi connectivity index (χ0) is 15.9. The van der Waals surface area contributed by atoms with Crippen LogP contribution in [0.4, 0.5) is 0 Å². The molecule has 1 rings (SSSR count). The Hall–Kier alpha value is -0.950. The van der Waals surface area contributed by atoms with Crippen LogP contribution < -0.4 is 4.72 Å². The van der Waals surface area contributed by atoms with Crippen LogP contribution in [-0.4, -0.2) is 33.3 Å². The van der Waals surface area contributed by atoms with Gasteiger partial charge in [-0.3, -0.25) is 0 Å². The van der Waals surface area contributed by atoms with Gasteiger partial charge in [-0.25, -0.2) is 13.1 Å². The van der Waals surface area contributed by atoms with Crippen LogP contribution in [0.25, 0.3) is 0 Å². The maximum Gasteiger partial charge on any atom is 0.240 e. The first-order valence-electron chi connectivity index (χ1n) is 7.18. The van der Waals surface area contributed by atoms with Gasteiger partial charge in [-0.2, -0.15) is 0 Å². The van der Waals surface area contributed by atoms with Crippen LogP contribution >= 0.6 is 0 Å². The van der Waals surface area contributed by atoms with Crippen molar-refractivity contribution in [1.29, 1.82) is 0 Å². The molecule has 0 bridgehead atoms. The highest BCUT2D eigenvalue weighted by atomic mass is 32.2. The molecule has 0 amide bonds. The summed E-state index contributed by atoms with van der Waals surface area (Å²) in [5.41, 5.74) is 0.575. The molecule has 0 aliphatic carbocycles. The Labute approximate surface area is 127 Å². The van der Waals surface area contributed by atoms with Crippen molar-refractivity contribution in [3.63, 3.8) is 0 Å². The third-order valence-corrected chi connectivity index (χ3v) is 4.49. The monoisotopic (exact) mass is 315 g/mol. The summed E-state index contributed by atoms with van der Waals surface area (Å²) in [5, 5.41) is 9.50. The molecule has 6 heteroatoms. The molecule has 1 atom stereocenters. The number of ether oxygens (including phenoxy) is 1. The van der Waals surface area contributed by atoms with E-state index in [-0.39, 0.29) is 11.4 Å². The van der Waals surface area contributed by atoms with Gasteiger partial charge in [-0.1, -0.05) is 26.0 Å². The molecule has 0 spiro atoms. The summed E-state index contributed by atoms with van der Waals surface area (Å²) in [7, 11) is -3.56. The maximum absolute atomic E-state index is 12.1. The number of hydrogen-bond donors (Lipinski definition) is 2. The molecule has 0 heterocycles. The van der Waals surface area contributed by atoms with Gasteiger partial charge < -0.3 is 9.84 Å². The van der Waals surface area contributed by atoms with E-state index in [4.69, 9.17) is 4.74 Å². The summed E-state index contributed by atoms with van der Waals surface area (Å²) in [5.74, 6) is 0.574. The summed E-state index contributed by atoms with van der Waals surface area (Å²) in [6.07, 6.45) is 0.267. The Morgan fingerprint density at radius 1 is 1.24 bits per heavy atom. The van der Waals surface area contributed by atoms with Crippen molar-refractivity contribution in [3.05, 3.63) is 29.8 Å². The maximum atomic E-state index is 12.1. The highest BCUT2D eigenvalue weighted by molar-refractivity contribution is 7.89. The fourth-order valence-corrected chi connectivity index (χ4v) is 2.76. The second kappa shape index (κ2) is 8.48. The van der Waals surface area contributed by atoms with Gasteiger partial charge in [0.25, 0.3) is 0 Å². The van der Waals surface area contributed by atoms with Gasteiger partial charge in [-0.15, -0.1) is 0 Å². The van der Waals surface area contributed by atoms with E-state index in [1.165, 1.54) is 12.1 Å². The average molecular weight is 315 g/mol. The quantitative estimate of drug-likeness (QED) is 0.684. The van der Waals surface area contributed by atoms with Gasteiger partial charge in [0.15, 0.2) is 0 Å². The molecule has 0 saturated heterocycles. The number of nitrogens with one attached hydrogen (secondary N) is 1. The minimum Gasteiger partial charge on any atom is -0.389 e. The Bertz CT molecular complexity index is 526. The van der Waals surface area contributed by atoms with Crippen molar-refractivity contribution >= 4 is 10.0 Å². The molecule has 0 aliphatic rings. The molecule has 1 aromatic rings. The topological polar surface area (TPSA) is 75.6 Å². The molecule has 1 aromatic carbocycles. The standard InChI is InChI=1S/C15H25NO4S/c1-12(2)7-9-20-10-8-16-21(18,19)15-6-4-5-14(11-15)13(3)17/h4-6,11-13,16-17H,7-10H2,1-3H3. The van der Waals surface area contributed by atoms with Crippen molar-refractivity contribution in [2.75, 3.05) is 19.8 Å². The molecule has 0 aromatic heterocycles. The number of aliphatic hydroxyl groups is 1. The van der Waals surface area contributed by atoms with E-state index in [9.17, 15) is 13.5 Å². The van der Waals surface area contributed by atoms with Crippen LogP contribution in [0.1, 0.15) is 38.9 Å². The number of rotatable bonds is 9. The molecule has 0 radical (unpaired) electrons. The number of aliphatic hydroxyl groups excluding tert-OH is 1. The molecule has 0 fully saturated rings. The molecule has 2 N–H and O–H groups in total. The van der Waals surface area contributed by atoms with Crippen molar-refractivity contribution in [2.24, 2.45) is 5.92 Å². The molecule has 0 saturated carbocycles. The highest BCUT2D eigenvalue weighted by Gasteiger charge is 2.14. The van der Waals surface area contributed by atoms with Crippen LogP contribution in [-0.2, 0) is 14.8 Å². The van der Waals surface area contributed by atoms with E-state index in [2.05, 4.69) is 18.6 Å².